The number of hydrogen-bond acceptors (Lipinski definition) is 4. The number of rotatable bonds is 5. The SMILES string of the molecule is COc1ccc(B(O)O)cc1CNC1CCCCC1. The fourth-order valence-corrected chi connectivity index (χ4v) is 2.66. The first-order valence-corrected chi connectivity index (χ1v) is 6.97. The monoisotopic (exact) mass is 263 g/mol. The van der Waals surface area contributed by atoms with E-state index in [2.05, 4.69) is 5.32 Å². The maximum absolute atomic E-state index is 9.22. The predicted octanol–water partition coefficient (Wildman–Crippen LogP) is 0.797. The smallest absolute Gasteiger partial charge is 0.488 e. The van der Waals surface area contributed by atoms with Crippen molar-refractivity contribution in [3.8, 4) is 5.75 Å². The molecule has 0 heterocycles. The zero-order valence-corrected chi connectivity index (χ0v) is 11.4. The third-order valence-electron chi connectivity index (χ3n) is 3.79. The Morgan fingerprint density at radius 3 is 2.63 bits per heavy atom. The van der Waals surface area contributed by atoms with Crippen LogP contribution in [0.25, 0.3) is 0 Å². The van der Waals surface area contributed by atoms with E-state index in [-0.39, 0.29) is 0 Å². The second-order valence-corrected chi connectivity index (χ2v) is 5.16. The molecule has 0 saturated heterocycles. The van der Waals surface area contributed by atoms with Gasteiger partial charge < -0.3 is 20.1 Å². The van der Waals surface area contributed by atoms with E-state index in [0.29, 0.717) is 18.0 Å². The van der Waals surface area contributed by atoms with Crippen LogP contribution >= 0.6 is 0 Å². The van der Waals surface area contributed by atoms with Gasteiger partial charge in [0.2, 0.25) is 0 Å². The van der Waals surface area contributed by atoms with Crippen molar-refractivity contribution in [1.29, 1.82) is 0 Å². The summed E-state index contributed by atoms with van der Waals surface area (Å²) < 4.78 is 5.32. The maximum atomic E-state index is 9.22. The minimum Gasteiger partial charge on any atom is -0.496 e. The molecule has 1 aromatic rings. The number of nitrogens with one attached hydrogen (secondary N) is 1. The van der Waals surface area contributed by atoms with Crippen molar-refractivity contribution >= 4 is 12.6 Å². The molecule has 0 spiro atoms. The van der Waals surface area contributed by atoms with Crippen LogP contribution in [0.1, 0.15) is 37.7 Å². The van der Waals surface area contributed by atoms with Crippen molar-refractivity contribution in [3.63, 3.8) is 0 Å². The first-order chi connectivity index (χ1) is 9.20. The van der Waals surface area contributed by atoms with E-state index in [1.54, 1.807) is 25.3 Å². The molecule has 0 amide bonds. The van der Waals surface area contributed by atoms with Crippen molar-refractivity contribution in [3.05, 3.63) is 23.8 Å². The lowest BCUT2D eigenvalue weighted by molar-refractivity contribution is 0.365. The molecule has 3 N–H and O–H groups in total. The molecule has 5 heteroatoms. The third-order valence-corrected chi connectivity index (χ3v) is 3.79. The predicted molar refractivity (Wildman–Crippen MR) is 76.5 cm³/mol. The third kappa shape index (κ3) is 3.96. The van der Waals surface area contributed by atoms with E-state index < -0.39 is 7.12 Å². The van der Waals surface area contributed by atoms with Crippen LogP contribution in [0, 0.1) is 0 Å². The summed E-state index contributed by atoms with van der Waals surface area (Å²) in [5.74, 6) is 0.785. The Morgan fingerprint density at radius 1 is 1.26 bits per heavy atom. The molecule has 0 aromatic heterocycles. The number of hydrogen-bond donors (Lipinski definition) is 3. The van der Waals surface area contributed by atoms with Gasteiger partial charge in [-0.1, -0.05) is 31.4 Å². The highest BCUT2D eigenvalue weighted by Crippen LogP contribution is 2.20. The Morgan fingerprint density at radius 2 is 2.00 bits per heavy atom. The molecule has 1 aromatic carbocycles. The summed E-state index contributed by atoms with van der Waals surface area (Å²) in [7, 11) is 0.202. The molecule has 0 unspecified atom stereocenters. The maximum Gasteiger partial charge on any atom is 0.488 e. The Labute approximate surface area is 114 Å². The largest absolute Gasteiger partial charge is 0.496 e. The van der Waals surface area contributed by atoms with Crippen LogP contribution in [-0.2, 0) is 6.54 Å². The van der Waals surface area contributed by atoms with E-state index in [1.807, 2.05) is 0 Å². The first kappa shape index (κ1) is 14.4. The zero-order valence-electron chi connectivity index (χ0n) is 11.4. The Balaban J connectivity index is 2.02. The summed E-state index contributed by atoms with van der Waals surface area (Å²) in [5.41, 5.74) is 1.47. The quantitative estimate of drug-likeness (QED) is 0.687. The minimum absolute atomic E-state index is 0.501. The number of methoxy groups -OCH3 is 1. The van der Waals surface area contributed by atoms with Crippen LogP contribution in [-0.4, -0.2) is 30.3 Å². The van der Waals surface area contributed by atoms with Crippen LogP contribution in [0.4, 0.5) is 0 Å². The van der Waals surface area contributed by atoms with Crippen LogP contribution in [0.3, 0.4) is 0 Å². The lowest BCUT2D eigenvalue weighted by atomic mass is 9.79. The van der Waals surface area contributed by atoms with Gasteiger partial charge in [-0.05, 0) is 24.4 Å². The van der Waals surface area contributed by atoms with E-state index >= 15 is 0 Å². The topological polar surface area (TPSA) is 61.7 Å². The highest BCUT2D eigenvalue weighted by Gasteiger charge is 2.16. The molecule has 0 atom stereocenters. The standard InChI is InChI=1S/C14H22BNO3/c1-19-14-8-7-12(15(17)18)9-11(14)10-16-13-5-3-2-4-6-13/h7-9,13,16-18H,2-6,10H2,1H3. The lowest BCUT2D eigenvalue weighted by Crippen LogP contribution is -2.33. The molecule has 0 bridgehead atoms. The molecule has 1 aliphatic carbocycles. The fraction of sp³-hybridized carbons (Fsp3) is 0.571. The van der Waals surface area contributed by atoms with Crippen molar-refractivity contribution in [2.45, 2.75) is 44.7 Å². The molecule has 4 nitrogen and oxygen atoms in total. The summed E-state index contributed by atoms with van der Waals surface area (Å²) in [4.78, 5) is 0. The average molecular weight is 263 g/mol. The van der Waals surface area contributed by atoms with Gasteiger partial charge >= 0.3 is 7.12 Å². The first-order valence-electron chi connectivity index (χ1n) is 6.97. The second kappa shape index (κ2) is 6.94. The summed E-state index contributed by atoms with van der Waals surface area (Å²) in [6, 6.07) is 5.82. The minimum atomic E-state index is -1.43. The van der Waals surface area contributed by atoms with E-state index in [4.69, 9.17) is 4.74 Å². The van der Waals surface area contributed by atoms with E-state index in [1.165, 1.54) is 32.1 Å². The van der Waals surface area contributed by atoms with Crippen molar-refractivity contribution in [2.24, 2.45) is 0 Å². The highest BCUT2D eigenvalue weighted by atomic mass is 16.5. The summed E-state index contributed by atoms with van der Waals surface area (Å²) >= 11 is 0. The van der Waals surface area contributed by atoms with Gasteiger partial charge in [-0.15, -0.1) is 0 Å². The van der Waals surface area contributed by atoms with Gasteiger partial charge in [-0.2, -0.15) is 0 Å². The van der Waals surface area contributed by atoms with Gasteiger partial charge in [0, 0.05) is 18.2 Å². The van der Waals surface area contributed by atoms with Gasteiger partial charge in [-0.3, -0.25) is 0 Å². The summed E-state index contributed by atoms with van der Waals surface area (Å²) in [5, 5.41) is 22.0. The van der Waals surface area contributed by atoms with Crippen LogP contribution in [0.2, 0.25) is 0 Å². The molecule has 0 radical (unpaired) electrons. The van der Waals surface area contributed by atoms with E-state index in [9.17, 15) is 10.0 Å². The molecule has 1 aliphatic rings. The Bertz CT molecular complexity index is 406. The Kier molecular flexibility index (Phi) is 5.25. The molecule has 1 fully saturated rings. The molecule has 19 heavy (non-hydrogen) atoms. The van der Waals surface area contributed by atoms with Gasteiger partial charge in [0.05, 0.1) is 7.11 Å². The summed E-state index contributed by atoms with van der Waals surface area (Å²) in [6.07, 6.45) is 6.39. The van der Waals surface area contributed by atoms with Crippen LogP contribution in [0.5, 0.6) is 5.75 Å². The Hall–Kier alpha value is -1.04. The summed E-state index contributed by atoms with van der Waals surface area (Å²) in [6.45, 7) is 0.703. The molecule has 2 rings (SSSR count). The molecule has 1 saturated carbocycles. The zero-order chi connectivity index (χ0) is 13.7. The highest BCUT2D eigenvalue weighted by molar-refractivity contribution is 6.58. The van der Waals surface area contributed by atoms with Gasteiger partial charge in [0.25, 0.3) is 0 Å². The molecular formula is C14H22BNO3. The normalized spacial score (nSPS) is 16.4. The van der Waals surface area contributed by atoms with E-state index in [0.717, 1.165) is 11.3 Å². The lowest BCUT2D eigenvalue weighted by Gasteiger charge is -2.23. The van der Waals surface area contributed by atoms with Gasteiger partial charge in [0.1, 0.15) is 5.75 Å². The second-order valence-electron chi connectivity index (χ2n) is 5.16. The molecule has 0 aliphatic heterocycles. The van der Waals surface area contributed by atoms with Gasteiger partial charge in [0.15, 0.2) is 0 Å². The molecular weight excluding hydrogens is 241 g/mol. The average Bonchev–Trinajstić information content (AvgIpc) is 2.45. The van der Waals surface area contributed by atoms with Crippen LogP contribution in [0.15, 0.2) is 18.2 Å². The van der Waals surface area contributed by atoms with Gasteiger partial charge in [-0.25, -0.2) is 0 Å². The number of ether oxygens (including phenoxy) is 1. The van der Waals surface area contributed by atoms with Crippen molar-refractivity contribution < 1.29 is 14.8 Å². The molecule has 104 valence electrons. The van der Waals surface area contributed by atoms with Crippen molar-refractivity contribution in [1.82, 2.24) is 5.32 Å². The fourth-order valence-electron chi connectivity index (χ4n) is 2.66. The van der Waals surface area contributed by atoms with Crippen molar-refractivity contribution in [2.75, 3.05) is 7.11 Å². The van der Waals surface area contributed by atoms with Crippen LogP contribution < -0.4 is 15.5 Å². The number of benzene rings is 1.